The molecular weight excluding hydrogens is 408 g/mol. The normalized spacial score (nSPS) is 20.8. The van der Waals surface area contributed by atoms with E-state index < -0.39 is 22.1 Å². The molecular formula is C20H30N4O5S. The quantitative estimate of drug-likeness (QED) is 0.339. The van der Waals surface area contributed by atoms with Gasteiger partial charge < -0.3 is 9.88 Å². The molecule has 3 rings (SSSR count). The molecule has 166 valence electrons. The first-order valence-corrected chi connectivity index (χ1v) is 12.2. The number of imide groups is 1. The summed E-state index contributed by atoms with van der Waals surface area (Å²) in [4.78, 5) is 34.8. The summed E-state index contributed by atoms with van der Waals surface area (Å²) in [7, 11) is -3.48. The molecule has 1 aliphatic heterocycles. The molecule has 2 aliphatic rings. The molecule has 1 aromatic rings. The lowest BCUT2D eigenvalue weighted by Gasteiger charge is -2.21. The van der Waals surface area contributed by atoms with Crippen LogP contribution < -0.4 is 20.9 Å². The number of amides is 2. The number of rotatable bonds is 11. The third-order valence-electron chi connectivity index (χ3n) is 5.48. The number of carbonyl (C=O) groups is 2. The molecule has 2 heterocycles. The summed E-state index contributed by atoms with van der Waals surface area (Å²) in [6, 6.07) is 2.33. The van der Waals surface area contributed by atoms with Crippen LogP contribution in [0.25, 0.3) is 0 Å². The van der Waals surface area contributed by atoms with E-state index in [-0.39, 0.29) is 23.1 Å². The van der Waals surface area contributed by atoms with Gasteiger partial charge in [0.25, 0.3) is 5.56 Å². The van der Waals surface area contributed by atoms with Crippen LogP contribution in [-0.4, -0.2) is 43.1 Å². The fourth-order valence-electron chi connectivity index (χ4n) is 3.51. The van der Waals surface area contributed by atoms with E-state index in [0.29, 0.717) is 44.7 Å². The second kappa shape index (κ2) is 9.84. The second-order valence-electron chi connectivity index (χ2n) is 8.22. The molecule has 0 radical (unpaired) electrons. The van der Waals surface area contributed by atoms with Crippen LogP contribution in [0.1, 0.15) is 57.1 Å². The van der Waals surface area contributed by atoms with Crippen LogP contribution in [0.4, 0.5) is 0 Å². The Morgan fingerprint density at radius 2 is 1.93 bits per heavy atom. The first-order chi connectivity index (χ1) is 14.2. The highest BCUT2D eigenvalue weighted by atomic mass is 32.2. The predicted octanol–water partition coefficient (Wildman–Crippen LogP) is 0.414. The van der Waals surface area contributed by atoms with Crippen LogP contribution in [-0.2, 0) is 26.2 Å². The molecule has 1 unspecified atom stereocenters. The van der Waals surface area contributed by atoms with E-state index in [9.17, 15) is 22.8 Å². The molecule has 0 bridgehead atoms. The molecule has 9 nitrogen and oxygen atoms in total. The Morgan fingerprint density at radius 1 is 1.17 bits per heavy atom. The zero-order valence-electron chi connectivity index (χ0n) is 17.2. The smallest absolute Gasteiger partial charge is 0.250 e. The number of sulfonamides is 1. The van der Waals surface area contributed by atoms with E-state index in [1.165, 1.54) is 6.07 Å². The summed E-state index contributed by atoms with van der Waals surface area (Å²) in [6.45, 7) is 2.96. The maximum absolute atomic E-state index is 12.4. The van der Waals surface area contributed by atoms with Gasteiger partial charge in [0, 0.05) is 31.3 Å². The highest BCUT2D eigenvalue weighted by Crippen LogP contribution is 2.30. The maximum Gasteiger partial charge on any atom is 0.250 e. The number of nitrogens with zero attached hydrogens (tertiary/aromatic N) is 1. The van der Waals surface area contributed by atoms with E-state index in [1.807, 2.05) is 0 Å². The largest absolute Gasteiger partial charge is 0.315 e. The maximum atomic E-state index is 12.4. The number of piperidine rings is 1. The van der Waals surface area contributed by atoms with Crippen LogP contribution in [0, 0.1) is 5.92 Å². The van der Waals surface area contributed by atoms with Gasteiger partial charge in [0.1, 0.15) is 0 Å². The number of carbonyl (C=O) groups excluding carboxylic acids is 2. The lowest BCUT2D eigenvalue weighted by molar-refractivity contribution is -0.134. The second-order valence-corrected chi connectivity index (χ2v) is 10.1. The van der Waals surface area contributed by atoms with Crippen molar-refractivity contribution in [2.75, 3.05) is 12.3 Å². The fraction of sp³-hybridized carbons (Fsp3) is 0.650. The van der Waals surface area contributed by atoms with Crippen LogP contribution in [0.5, 0.6) is 0 Å². The van der Waals surface area contributed by atoms with Crippen molar-refractivity contribution in [3.8, 4) is 0 Å². The van der Waals surface area contributed by atoms with Gasteiger partial charge in [-0.15, -0.1) is 0 Å². The van der Waals surface area contributed by atoms with Crippen molar-refractivity contribution in [3.63, 3.8) is 0 Å². The van der Waals surface area contributed by atoms with Crippen molar-refractivity contribution in [2.24, 2.45) is 5.92 Å². The van der Waals surface area contributed by atoms with Crippen LogP contribution >= 0.6 is 0 Å². The van der Waals surface area contributed by atoms with Crippen molar-refractivity contribution < 1.29 is 18.0 Å². The van der Waals surface area contributed by atoms with Crippen molar-refractivity contribution in [3.05, 3.63) is 34.2 Å². The summed E-state index contributed by atoms with van der Waals surface area (Å²) in [5.74, 6) is -0.0424. The van der Waals surface area contributed by atoms with Gasteiger partial charge in [-0.25, -0.2) is 13.1 Å². The van der Waals surface area contributed by atoms with Gasteiger partial charge in [-0.05, 0) is 57.1 Å². The summed E-state index contributed by atoms with van der Waals surface area (Å²) < 4.78 is 29.2. The molecule has 1 aliphatic carbocycles. The minimum atomic E-state index is -3.48. The highest BCUT2D eigenvalue weighted by molar-refractivity contribution is 7.89. The van der Waals surface area contributed by atoms with Gasteiger partial charge in [0.15, 0.2) is 0 Å². The monoisotopic (exact) mass is 438 g/mol. The molecule has 1 saturated heterocycles. The molecule has 10 heteroatoms. The molecule has 30 heavy (non-hydrogen) atoms. The Balaban J connectivity index is 1.41. The first kappa shape index (κ1) is 22.6. The summed E-state index contributed by atoms with van der Waals surface area (Å²) >= 11 is 0. The average molecular weight is 439 g/mol. The van der Waals surface area contributed by atoms with Gasteiger partial charge in [-0.3, -0.25) is 19.7 Å². The number of unbranched alkanes of at least 4 members (excludes halogenated alkanes) is 1. The van der Waals surface area contributed by atoms with Gasteiger partial charge in [0.2, 0.25) is 21.8 Å². The molecule has 2 amide bonds. The average Bonchev–Trinajstić information content (AvgIpc) is 3.48. The van der Waals surface area contributed by atoms with Crippen molar-refractivity contribution in [1.82, 2.24) is 19.9 Å². The Hall–Kier alpha value is -2.04. The third-order valence-corrected chi connectivity index (χ3v) is 7.02. The van der Waals surface area contributed by atoms with E-state index in [2.05, 4.69) is 15.4 Å². The van der Waals surface area contributed by atoms with Crippen molar-refractivity contribution in [1.29, 1.82) is 0 Å². The Kier molecular flexibility index (Phi) is 7.43. The zero-order valence-corrected chi connectivity index (χ0v) is 18.0. The molecule has 0 spiro atoms. The Labute approximate surface area is 176 Å². The van der Waals surface area contributed by atoms with E-state index in [0.717, 1.165) is 18.4 Å². The van der Waals surface area contributed by atoms with Crippen molar-refractivity contribution >= 4 is 21.8 Å². The molecule has 1 saturated carbocycles. The molecule has 2 atom stereocenters. The van der Waals surface area contributed by atoms with Gasteiger partial charge in [0.05, 0.1) is 11.8 Å². The lowest BCUT2D eigenvalue weighted by atomic mass is 10.1. The lowest BCUT2D eigenvalue weighted by Crippen LogP contribution is -2.50. The topological polar surface area (TPSA) is 126 Å². The Bertz CT molecular complexity index is 939. The third kappa shape index (κ3) is 6.75. The van der Waals surface area contributed by atoms with Crippen LogP contribution in [0.3, 0.4) is 0 Å². The number of pyridine rings is 1. The van der Waals surface area contributed by atoms with Crippen LogP contribution in [0.15, 0.2) is 23.1 Å². The Morgan fingerprint density at radius 3 is 2.63 bits per heavy atom. The molecule has 2 fully saturated rings. The minimum absolute atomic E-state index is 0.0178. The molecule has 0 aromatic carbocycles. The first-order valence-electron chi connectivity index (χ1n) is 10.5. The summed E-state index contributed by atoms with van der Waals surface area (Å²) in [5.41, 5.74) is 0.697. The number of aromatic nitrogens is 1. The van der Waals surface area contributed by atoms with Gasteiger partial charge in [-0.1, -0.05) is 6.07 Å². The number of nitrogens with one attached hydrogen (secondary N) is 3. The van der Waals surface area contributed by atoms with Crippen molar-refractivity contribution in [2.45, 2.75) is 64.1 Å². The minimum Gasteiger partial charge on any atom is -0.315 e. The number of hydrogen-bond acceptors (Lipinski definition) is 6. The summed E-state index contributed by atoms with van der Waals surface area (Å²) in [5, 5.41) is 5.35. The van der Waals surface area contributed by atoms with E-state index in [1.54, 1.807) is 23.8 Å². The van der Waals surface area contributed by atoms with Gasteiger partial charge >= 0.3 is 0 Å². The molecule has 3 N–H and O–H groups in total. The fourth-order valence-corrected chi connectivity index (χ4v) is 4.88. The van der Waals surface area contributed by atoms with Gasteiger partial charge in [-0.2, -0.15) is 0 Å². The van der Waals surface area contributed by atoms with E-state index >= 15 is 0 Å². The predicted molar refractivity (Wildman–Crippen MR) is 112 cm³/mol. The SMILES string of the molecule is C[C@@H](NS(=O)(=O)CCCCNC1CCC(=O)NC1=O)c1ccc(=O)n(CC2CC2)c1. The standard InChI is InChI=1S/C20H30N4O5S/c1-14(16-6-9-19(26)24(13-16)12-15-4-5-15)23-30(28,29)11-3-2-10-21-17-7-8-18(25)22-20(17)27/h6,9,13-15,17,21,23H,2-5,7-8,10-12H2,1H3,(H,22,25,27)/t14-,17?/m1/s1. The number of hydrogen-bond donors (Lipinski definition) is 3. The molecule has 1 aromatic heterocycles. The van der Waals surface area contributed by atoms with Crippen LogP contribution in [0.2, 0.25) is 0 Å². The zero-order chi connectivity index (χ0) is 21.7. The summed E-state index contributed by atoms with van der Waals surface area (Å²) in [6.07, 6.45) is 5.84. The highest BCUT2D eigenvalue weighted by Gasteiger charge is 2.26. The van der Waals surface area contributed by atoms with E-state index in [4.69, 9.17) is 0 Å².